The second-order valence-electron chi connectivity index (χ2n) is 4.07. The number of halogens is 2. The van der Waals surface area contributed by atoms with Crippen LogP contribution in [0.15, 0.2) is 0 Å². The van der Waals surface area contributed by atoms with Crippen molar-refractivity contribution in [1.82, 2.24) is 0 Å². The first-order valence-electron chi connectivity index (χ1n) is 6.15. The summed E-state index contributed by atoms with van der Waals surface area (Å²) < 4.78 is 0. The number of alkyl halides is 2. The van der Waals surface area contributed by atoms with Gasteiger partial charge in [0.1, 0.15) is 5.75 Å². The first-order chi connectivity index (χ1) is 8.15. The molecule has 0 aromatic heterocycles. The average Bonchev–Trinajstić information content (AvgIpc) is 2.36. The van der Waals surface area contributed by atoms with E-state index in [1.54, 1.807) is 0 Å². The van der Waals surface area contributed by atoms with Crippen LogP contribution >= 0.6 is 31.9 Å². The topological polar surface area (TPSA) is 20.2 Å². The van der Waals surface area contributed by atoms with E-state index in [9.17, 15) is 5.11 Å². The Bertz CT molecular complexity index is 367. The number of hydrogen-bond acceptors (Lipinski definition) is 1. The molecule has 96 valence electrons. The normalized spacial score (nSPS) is 10.9. The molecule has 0 aliphatic carbocycles. The Morgan fingerprint density at radius 2 is 1.06 bits per heavy atom. The fourth-order valence-corrected chi connectivity index (χ4v) is 3.88. The monoisotopic (exact) mass is 362 g/mol. The Labute approximate surface area is 121 Å². The van der Waals surface area contributed by atoms with Crippen LogP contribution in [0.5, 0.6) is 5.75 Å². The van der Waals surface area contributed by atoms with Crippen molar-refractivity contribution < 1.29 is 5.11 Å². The van der Waals surface area contributed by atoms with E-state index in [1.807, 2.05) is 0 Å². The van der Waals surface area contributed by atoms with Gasteiger partial charge in [0.05, 0.1) is 0 Å². The van der Waals surface area contributed by atoms with E-state index >= 15 is 0 Å². The highest BCUT2D eigenvalue weighted by Gasteiger charge is 2.19. The van der Waals surface area contributed by atoms with Crippen LogP contribution in [0.4, 0.5) is 0 Å². The van der Waals surface area contributed by atoms with Gasteiger partial charge in [-0.15, -0.1) is 0 Å². The molecule has 0 spiro atoms. The van der Waals surface area contributed by atoms with Crippen LogP contribution in [0.25, 0.3) is 0 Å². The Morgan fingerprint density at radius 1 is 0.706 bits per heavy atom. The summed E-state index contributed by atoms with van der Waals surface area (Å²) in [6, 6.07) is 0. The van der Waals surface area contributed by atoms with Gasteiger partial charge in [0, 0.05) is 10.7 Å². The van der Waals surface area contributed by atoms with Gasteiger partial charge in [-0.05, 0) is 47.1 Å². The Hall–Kier alpha value is -0.0200. The highest BCUT2D eigenvalue weighted by molar-refractivity contribution is 9.08. The van der Waals surface area contributed by atoms with Crippen molar-refractivity contribution in [1.29, 1.82) is 0 Å². The predicted molar refractivity (Wildman–Crippen MR) is 81.5 cm³/mol. The molecule has 17 heavy (non-hydrogen) atoms. The minimum Gasteiger partial charge on any atom is -0.507 e. The molecule has 3 heteroatoms. The molecule has 0 unspecified atom stereocenters. The first-order valence-corrected chi connectivity index (χ1v) is 8.39. The minimum atomic E-state index is 0.510. The molecule has 0 saturated heterocycles. The highest BCUT2D eigenvalue weighted by Crippen LogP contribution is 2.36. The Morgan fingerprint density at radius 3 is 1.29 bits per heavy atom. The van der Waals surface area contributed by atoms with Crippen LogP contribution in [-0.4, -0.2) is 5.11 Å². The quantitative estimate of drug-likeness (QED) is 0.740. The number of phenolic OH excluding ortho intramolecular Hbond substituents is 1. The van der Waals surface area contributed by atoms with E-state index in [0.717, 1.165) is 41.0 Å². The summed E-state index contributed by atoms with van der Waals surface area (Å²) >= 11 is 7.12. The van der Waals surface area contributed by atoms with Gasteiger partial charge in [-0.25, -0.2) is 0 Å². The van der Waals surface area contributed by atoms with Gasteiger partial charge in [0.25, 0.3) is 0 Å². The number of rotatable bonds is 5. The zero-order valence-electron chi connectivity index (χ0n) is 10.7. The third-order valence-electron chi connectivity index (χ3n) is 3.36. The largest absolute Gasteiger partial charge is 0.507 e. The molecule has 1 aromatic rings. The zero-order chi connectivity index (χ0) is 13.0. The molecule has 1 aromatic carbocycles. The molecule has 0 fully saturated rings. The highest BCUT2D eigenvalue weighted by atomic mass is 79.9. The van der Waals surface area contributed by atoms with Gasteiger partial charge in [0.2, 0.25) is 0 Å². The molecule has 0 atom stereocenters. The van der Waals surface area contributed by atoms with E-state index < -0.39 is 0 Å². The second-order valence-corrected chi connectivity index (χ2v) is 5.19. The number of phenols is 1. The molecule has 0 amide bonds. The van der Waals surface area contributed by atoms with Crippen LogP contribution < -0.4 is 0 Å². The molecule has 0 bridgehead atoms. The maximum atomic E-state index is 10.4. The standard InChI is InChI=1S/C14H20Br2O/c1-4-9-12(7-15)10(5-2)14(17)11(6-3)13(9)8-16/h17H,4-8H2,1-3H3. The molecule has 1 rings (SSSR count). The molecular formula is C14H20Br2O. The van der Waals surface area contributed by atoms with Gasteiger partial charge >= 0.3 is 0 Å². The van der Waals surface area contributed by atoms with Crippen LogP contribution in [0.2, 0.25) is 0 Å². The van der Waals surface area contributed by atoms with E-state index in [-0.39, 0.29) is 0 Å². The van der Waals surface area contributed by atoms with Crippen LogP contribution in [0, 0.1) is 0 Å². The fourth-order valence-electron chi connectivity index (χ4n) is 2.53. The lowest BCUT2D eigenvalue weighted by atomic mass is 9.88. The van der Waals surface area contributed by atoms with E-state index in [0.29, 0.717) is 5.75 Å². The number of hydrogen-bond donors (Lipinski definition) is 1. The van der Waals surface area contributed by atoms with E-state index in [2.05, 4.69) is 52.6 Å². The second kappa shape index (κ2) is 6.79. The summed E-state index contributed by atoms with van der Waals surface area (Å²) in [5.41, 5.74) is 6.17. The number of benzene rings is 1. The molecule has 0 heterocycles. The summed E-state index contributed by atoms with van der Waals surface area (Å²) in [6.07, 6.45) is 2.78. The average molecular weight is 364 g/mol. The van der Waals surface area contributed by atoms with Crippen molar-refractivity contribution in [2.45, 2.75) is 50.7 Å². The van der Waals surface area contributed by atoms with E-state index in [4.69, 9.17) is 0 Å². The molecule has 0 radical (unpaired) electrons. The van der Waals surface area contributed by atoms with Crippen molar-refractivity contribution in [3.63, 3.8) is 0 Å². The maximum absolute atomic E-state index is 10.4. The SMILES string of the molecule is CCc1c(O)c(CC)c(CBr)c(CC)c1CBr. The molecule has 0 aliphatic heterocycles. The number of aromatic hydroxyl groups is 1. The summed E-state index contributed by atoms with van der Waals surface area (Å²) in [6.45, 7) is 6.39. The lowest BCUT2D eigenvalue weighted by Crippen LogP contribution is -2.06. The van der Waals surface area contributed by atoms with Crippen LogP contribution in [0.3, 0.4) is 0 Å². The Kier molecular flexibility index (Phi) is 6.01. The summed E-state index contributed by atoms with van der Waals surface area (Å²) in [4.78, 5) is 0. The molecule has 1 N–H and O–H groups in total. The third-order valence-corrected chi connectivity index (χ3v) is 4.48. The van der Waals surface area contributed by atoms with Crippen molar-refractivity contribution >= 4 is 31.9 Å². The van der Waals surface area contributed by atoms with Crippen molar-refractivity contribution in [2.24, 2.45) is 0 Å². The summed E-state index contributed by atoms with van der Waals surface area (Å²) in [5, 5.41) is 12.0. The van der Waals surface area contributed by atoms with Crippen LogP contribution in [-0.2, 0) is 29.9 Å². The lowest BCUT2D eigenvalue weighted by molar-refractivity contribution is 0.460. The van der Waals surface area contributed by atoms with Gasteiger partial charge in [-0.2, -0.15) is 0 Å². The minimum absolute atomic E-state index is 0.510. The van der Waals surface area contributed by atoms with Gasteiger partial charge < -0.3 is 5.11 Å². The smallest absolute Gasteiger partial charge is 0.122 e. The van der Waals surface area contributed by atoms with Crippen molar-refractivity contribution in [3.8, 4) is 5.75 Å². The molecular weight excluding hydrogens is 344 g/mol. The molecule has 0 saturated carbocycles. The fraction of sp³-hybridized carbons (Fsp3) is 0.571. The Balaban J connectivity index is 3.66. The zero-order valence-corrected chi connectivity index (χ0v) is 13.9. The van der Waals surface area contributed by atoms with Crippen molar-refractivity contribution in [3.05, 3.63) is 27.8 Å². The molecule has 0 aliphatic rings. The summed E-state index contributed by atoms with van der Waals surface area (Å²) in [5.74, 6) is 0.510. The van der Waals surface area contributed by atoms with Gasteiger partial charge in [-0.3, -0.25) is 0 Å². The molecule has 1 nitrogen and oxygen atoms in total. The predicted octanol–water partition coefficient (Wildman–Crippen LogP) is 4.87. The van der Waals surface area contributed by atoms with Gasteiger partial charge in [-0.1, -0.05) is 52.6 Å². The maximum Gasteiger partial charge on any atom is 0.122 e. The lowest BCUT2D eigenvalue weighted by Gasteiger charge is -2.21. The van der Waals surface area contributed by atoms with Crippen molar-refractivity contribution in [2.75, 3.05) is 0 Å². The van der Waals surface area contributed by atoms with Gasteiger partial charge in [0.15, 0.2) is 0 Å². The third kappa shape index (κ3) is 2.70. The summed E-state index contributed by atoms with van der Waals surface area (Å²) in [7, 11) is 0. The first kappa shape index (κ1) is 15.0. The van der Waals surface area contributed by atoms with E-state index in [1.165, 1.54) is 16.7 Å². The van der Waals surface area contributed by atoms with Crippen LogP contribution in [0.1, 0.15) is 48.6 Å².